The maximum Gasteiger partial charge on any atom is 0.202 e. The molecule has 0 amide bonds. The molecule has 1 aromatic heterocycles. The molecule has 126 valence electrons. The van der Waals surface area contributed by atoms with Crippen LogP contribution < -0.4 is 5.32 Å². The highest BCUT2D eigenvalue weighted by atomic mass is 19.1. The zero-order valence-corrected chi connectivity index (χ0v) is 13.8. The summed E-state index contributed by atoms with van der Waals surface area (Å²) in [6.45, 7) is 4.58. The summed E-state index contributed by atoms with van der Waals surface area (Å²) in [5, 5.41) is 13.3. The highest BCUT2D eigenvalue weighted by Gasteiger charge is 2.21. The Morgan fingerprint density at radius 1 is 1.42 bits per heavy atom. The molecule has 3 rings (SSSR count). The number of aliphatic hydroxyl groups is 1. The van der Waals surface area contributed by atoms with Gasteiger partial charge in [0, 0.05) is 11.9 Å². The lowest BCUT2D eigenvalue weighted by Crippen LogP contribution is -2.26. The fraction of sp³-hybridized carbons (Fsp3) is 0.316. The Balaban J connectivity index is 2.28. The number of aromatic nitrogens is 1. The number of nitrogens with one attached hydrogen (secondary N) is 1. The van der Waals surface area contributed by atoms with E-state index in [2.05, 4.69) is 21.5 Å². The number of fused-ring (bicyclic) bond motifs is 3. The van der Waals surface area contributed by atoms with E-state index >= 15 is 0 Å². The molecule has 2 aromatic rings. The normalized spacial score (nSPS) is 20.0. The maximum atomic E-state index is 14.2. The minimum absolute atomic E-state index is 0.241. The number of aliphatic hydroxyl groups excluding tert-OH is 1. The van der Waals surface area contributed by atoms with E-state index in [1.807, 2.05) is 18.2 Å². The number of nitrogens with zero attached hydrogens (tertiary/aromatic N) is 2. The van der Waals surface area contributed by atoms with Gasteiger partial charge in [-0.3, -0.25) is 5.32 Å². The van der Waals surface area contributed by atoms with Crippen LogP contribution in [0.15, 0.2) is 53.6 Å². The molecule has 2 heterocycles. The van der Waals surface area contributed by atoms with Gasteiger partial charge in [0.1, 0.15) is 5.82 Å². The molecular weight excluding hydrogens is 305 g/mol. The Hall–Kier alpha value is -2.24. The van der Waals surface area contributed by atoms with Crippen LogP contribution in [0, 0.1) is 5.82 Å². The van der Waals surface area contributed by atoms with Gasteiger partial charge in [0.05, 0.1) is 16.9 Å². The Bertz CT molecular complexity index is 819. The Morgan fingerprint density at radius 2 is 2.25 bits per heavy atom. The standard InChI is InChI=1S/C19H22FN3O/c1-3-7-13-8-4-5-11-23-16-10-6-9-15(20)14(16)12-17(23)18(13)22-19(24)21-2/h3,6-7,9-10,12,19,21,24H,1,4-5,8,11H2,2H3/b13-7-,22-18?. The van der Waals surface area contributed by atoms with Crippen molar-refractivity contribution in [2.24, 2.45) is 4.99 Å². The molecular formula is C19H22FN3O. The van der Waals surface area contributed by atoms with Crippen molar-refractivity contribution >= 4 is 16.6 Å². The Morgan fingerprint density at radius 3 is 3.00 bits per heavy atom. The minimum Gasteiger partial charge on any atom is -0.360 e. The zero-order chi connectivity index (χ0) is 17.1. The van der Waals surface area contributed by atoms with E-state index in [-0.39, 0.29) is 5.82 Å². The second-order valence-corrected chi connectivity index (χ2v) is 5.88. The summed E-state index contributed by atoms with van der Waals surface area (Å²) in [4.78, 5) is 4.42. The smallest absolute Gasteiger partial charge is 0.202 e. The average Bonchev–Trinajstić information content (AvgIpc) is 2.93. The fourth-order valence-electron chi connectivity index (χ4n) is 3.19. The van der Waals surface area contributed by atoms with E-state index in [9.17, 15) is 9.50 Å². The van der Waals surface area contributed by atoms with Crippen molar-refractivity contribution in [2.75, 3.05) is 7.05 Å². The molecule has 0 radical (unpaired) electrons. The van der Waals surface area contributed by atoms with Gasteiger partial charge < -0.3 is 9.67 Å². The Labute approximate surface area is 141 Å². The van der Waals surface area contributed by atoms with Gasteiger partial charge >= 0.3 is 0 Å². The largest absolute Gasteiger partial charge is 0.360 e. The van der Waals surface area contributed by atoms with E-state index in [4.69, 9.17) is 0 Å². The number of aryl methyl sites for hydroxylation is 1. The molecule has 1 aliphatic rings. The van der Waals surface area contributed by atoms with Crippen molar-refractivity contribution in [1.82, 2.24) is 9.88 Å². The number of benzene rings is 1. The monoisotopic (exact) mass is 327 g/mol. The quantitative estimate of drug-likeness (QED) is 0.849. The lowest BCUT2D eigenvalue weighted by molar-refractivity contribution is 0.157. The molecule has 0 spiro atoms. The van der Waals surface area contributed by atoms with Gasteiger partial charge in [-0.2, -0.15) is 0 Å². The molecule has 0 fully saturated rings. The summed E-state index contributed by atoms with van der Waals surface area (Å²) in [7, 11) is 1.64. The van der Waals surface area contributed by atoms with Gasteiger partial charge in [0.15, 0.2) is 0 Å². The van der Waals surface area contributed by atoms with Crippen molar-refractivity contribution < 1.29 is 9.50 Å². The van der Waals surface area contributed by atoms with Gasteiger partial charge in [-0.05, 0) is 50.1 Å². The van der Waals surface area contributed by atoms with Crippen molar-refractivity contribution in [1.29, 1.82) is 0 Å². The first kappa shape index (κ1) is 16.6. The number of halogens is 1. The molecule has 1 atom stereocenters. The van der Waals surface area contributed by atoms with Crippen molar-refractivity contribution in [3.63, 3.8) is 0 Å². The van der Waals surface area contributed by atoms with Crippen LogP contribution in [-0.4, -0.2) is 28.8 Å². The summed E-state index contributed by atoms with van der Waals surface area (Å²) in [5.74, 6) is -0.241. The third kappa shape index (κ3) is 3.05. The van der Waals surface area contributed by atoms with Gasteiger partial charge in [-0.15, -0.1) is 0 Å². The number of hydrogen-bond acceptors (Lipinski definition) is 3. The fourth-order valence-corrected chi connectivity index (χ4v) is 3.19. The number of rotatable bonds is 3. The Kier molecular flexibility index (Phi) is 4.92. The van der Waals surface area contributed by atoms with E-state index < -0.39 is 6.35 Å². The molecule has 24 heavy (non-hydrogen) atoms. The first-order valence-electron chi connectivity index (χ1n) is 8.19. The first-order valence-corrected chi connectivity index (χ1v) is 8.19. The molecule has 0 bridgehead atoms. The van der Waals surface area contributed by atoms with Gasteiger partial charge in [-0.25, -0.2) is 9.38 Å². The molecule has 0 saturated heterocycles. The van der Waals surface area contributed by atoms with Crippen LogP contribution in [0.5, 0.6) is 0 Å². The van der Waals surface area contributed by atoms with Crippen LogP contribution >= 0.6 is 0 Å². The number of allylic oxidation sites excluding steroid dienone is 3. The molecule has 4 nitrogen and oxygen atoms in total. The van der Waals surface area contributed by atoms with Crippen LogP contribution in [0.1, 0.15) is 25.0 Å². The molecule has 0 saturated carbocycles. The number of hydrogen-bond donors (Lipinski definition) is 2. The van der Waals surface area contributed by atoms with E-state index in [0.29, 0.717) is 11.1 Å². The minimum atomic E-state index is -1.01. The molecule has 1 aliphatic heterocycles. The summed E-state index contributed by atoms with van der Waals surface area (Å²) in [6, 6.07) is 6.94. The molecule has 5 heteroatoms. The highest BCUT2D eigenvalue weighted by Crippen LogP contribution is 2.29. The summed E-state index contributed by atoms with van der Waals surface area (Å²) < 4.78 is 16.3. The SMILES string of the molecule is C=C/C=C1/CCCCn2c(cc3c(F)cccc32)C1=NC(O)NC. The van der Waals surface area contributed by atoms with Crippen LogP contribution in [0.3, 0.4) is 0 Å². The third-order valence-electron chi connectivity index (χ3n) is 4.35. The van der Waals surface area contributed by atoms with Gasteiger partial charge in [0.25, 0.3) is 0 Å². The summed E-state index contributed by atoms with van der Waals surface area (Å²) in [5.41, 5.74) is 3.38. The lowest BCUT2D eigenvalue weighted by atomic mass is 9.98. The molecule has 2 N–H and O–H groups in total. The van der Waals surface area contributed by atoms with Crippen molar-refractivity contribution in [3.8, 4) is 0 Å². The average molecular weight is 327 g/mol. The predicted octanol–water partition coefficient (Wildman–Crippen LogP) is 3.36. The molecule has 1 unspecified atom stereocenters. The van der Waals surface area contributed by atoms with Crippen molar-refractivity contribution in [2.45, 2.75) is 32.2 Å². The second kappa shape index (κ2) is 7.11. The van der Waals surface area contributed by atoms with E-state index in [0.717, 1.165) is 42.6 Å². The lowest BCUT2D eigenvalue weighted by Gasteiger charge is -2.20. The summed E-state index contributed by atoms with van der Waals surface area (Å²) >= 11 is 0. The maximum absolute atomic E-state index is 14.2. The van der Waals surface area contributed by atoms with Crippen molar-refractivity contribution in [3.05, 3.63) is 60.1 Å². The topological polar surface area (TPSA) is 49.5 Å². The number of aliphatic imine (C=N–C) groups is 1. The van der Waals surface area contributed by atoms with Crippen LogP contribution in [0.4, 0.5) is 4.39 Å². The predicted molar refractivity (Wildman–Crippen MR) is 95.6 cm³/mol. The summed E-state index contributed by atoms with van der Waals surface area (Å²) in [6.07, 6.45) is 5.50. The van der Waals surface area contributed by atoms with Crippen LogP contribution in [0.2, 0.25) is 0 Å². The van der Waals surface area contributed by atoms with E-state index in [1.165, 1.54) is 6.07 Å². The van der Waals surface area contributed by atoms with E-state index in [1.54, 1.807) is 19.2 Å². The first-order chi connectivity index (χ1) is 11.7. The zero-order valence-electron chi connectivity index (χ0n) is 13.8. The second-order valence-electron chi connectivity index (χ2n) is 5.88. The highest BCUT2D eigenvalue weighted by molar-refractivity contribution is 6.14. The van der Waals surface area contributed by atoms with Crippen LogP contribution in [0.25, 0.3) is 10.9 Å². The molecule has 0 aliphatic carbocycles. The van der Waals surface area contributed by atoms with Gasteiger partial charge in [-0.1, -0.05) is 24.8 Å². The van der Waals surface area contributed by atoms with Crippen LogP contribution in [-0.2, 0) is 6.54 Å². The van der Waals surface area contributed by atoms with Gasteiger partial charge in [0.2, 0.25) is 6.35 Å². The molecule has 1 aromatic carbocycles. The third-order valence-corrected chi connectivity index (χ3v) is 4.35.